The predicted octanol–water partition coefficient (Wildman–Crippen LogP) is 16.1. The molecular weight excluding hydrogens is 881 g/mol. The van der Waals surface area contributed by atoms with Crippen LogP contribution in [0.1, 0.15) is 234 Å². The van der Waals surface area contributed by atoms with E-state index in [0.717, 1.165) is 142 Å². The highest BCUT2D eigenvalue weighted by Gasteiger charge is 2.75. The number of carboxylic acid groups (broad SMARTS) is 2. The molecular formula is C67H104N2O3. The summed E-state index contributed by atoms with van der Waals surface area (Å²) in [4.78, 5) is 15.9. The van der Waals surface area contributed by atoms with Crippen LogP contribution in [0.15, 0.2) is 0 Å². The molecule has 5 heteroatoms. The molecule has 18 unspecified atom stereocenters. The van der Waals surface area contributed by atoms with E-state index in [1.54, 1.807) is 193 Å². The Bertz CT molecular complexity index is 1720. The van der Waals surface area contributed by atoms with E-state index in [0.29, 0.717) is 33.2 Å². The molecule has 2 N–H and O–H groups in total. The fraction of sp³-hybridized carbons (Fsp3) is 0.985. The third-order valence-corrected chi connectivity index (χ3v) is 31.3. The van der Waals surface area contributed by atoms with Crippen LogP contribution in [0.2, 0.25) is 0 Å². The maximum Gasteiger partial charge on any atom is 0.503 e. The van der Waals surface area contributed by atoms with Crippen molar-refractivity contribution < 1.29 is 15.0 Å². The second-order valence-electron chi connectivity index (χ2n) is 34.0. The standard InChI is InChI=1S/2C33H51N.CH2O3/c2*1-19-28-7-22-4-23(8-28)14-31(19,13-22)34(32-15-24-5-25(16-32)10-29(9-24)20(32)2)33-17-26-6-27(18-33)12-30(11-26)21(33)3;2-1(3)4/h2*19-30H,4-18H2,1-3H3;(H2,2,3,4). The van der Waals surface area contributed by atoms with Crippen LogP contribution in [0.4, 0.5) is 4.79 Å². The molecule has 400 valence electrons. The Morgan fingerprint density at radius 1 is 0.264 bits per heavy atom. The average Bonchev–Trinajstić information content (AvgIpc) is 3.30. The zero-order chi connectivity index (χ0) is 48.8. The summed E-state index contributed by atoms with van der Waals surface area (Å²) in [7, 11) is 0. The lowest BCUT2D eigenvalue weighted by Crippen LogP contribution is -2.82. The van der Waals surface area contributed by atoms with Crippen LogP contribution in [0.25, 0.3) is 0 Å². The van der Waals surface area contributed by atoms with E-state index in [2.05, 4.69) is 51.3 Å². The Labute approximate surface area is 438 Å². The summed E-state index contributed by atoms with van der Waals surface area (Å²) >= 11 is 0. The molecule has 0 aliphatic heterocycles. The van der Waals surface area contributed by atoms with Gasteiger partial charge in [-0.2, -0.15) is 0 Å². The molecule has 24 fully saturated rings. The maximum atomic E-state index is 8.56. The monoisotopic (exact) mass is 985 g/mol. The molecule has 24 rings (SSSR count). The van der Waals surface area contributed by atoms with Crippen molar-refractivity contribution in [1.29, 1.82) is 0 Å². The van der Waals surface area contributed by atoms with Gasteiger partial charge in [-0.05, 0) is 335 Å². The van der Waals surface area contributed by atoms with Gasteiger partial charge in [0.25, 0.3) is 0 Å². The van der Waals surface area contributed by atoms with Gasteiger partial charge in [0.05, 0.1) is 0 Å². The van der Waals surface area contributed by atoms with E-state index in [9.17, 15) is 0 Å². The number of hydrogen-bond donors (Lipinski definition) is 2. The minimum Gasteiger partial charge on any atom is -0.450 e. The number of carbonyl (C=O) groups is 1. The van der Waals surface area contributed by atoms with E-state index in [4.69, 9.17) is 15.0 Å². The van der Waals surface area contributed by atoms with Crippen LogP contribution < -0.4 is 0 Å². The zero-order valence-electron chi connectivity index (χ0n) is 46.8. The minimum absolute atomic E-state index is 0.564. The van der Waals surface area contributed by atoms with Crippen LogP contribution in [0.5, 0.6) is 0 Å². The van der Waals surface area contributed by atoms with E-state index in [1.807, 2.05) is 0 Å². The van der Waals surface area contributed by atoms with Gasteiger partial charge in [-0.25, -0.2) is 4.79 Å². The van der Waals surface area contributed by atoms with Crippen LogP contribution in [-0.4, -0.2) is 59.4 Å². The normalized spacial score (nSPS) is 63.3. The summed E-state index contributed by atoms with van der Waals surface area (Å²) in [5, 5.41) is 13.9. The number of rotatable bonds is 6. The van der Waals surface area contributed by atoms with Crippen LogP contribution >= 0.6 is 0 Å². The second kappa shape index (κ2) is 15.7. The lowest BCUT2D eigenvalue weighted by molar-refractivity contribution is -0.290. The van der Waals surface area contributed by atoms with Gasteiger partial charge in [0.1, 0.15) is 0 Å². The summed E-state index contributed by atoms with van der Waals surface area (Å²) < 4.78 is 0. The second-order valence-corrected chi connectivity index (χ2v) is 34.0. The van der Waals surface area contributed by atoms with E-state index in [-0.39, 0.29) is 0 Å². The molecule has 24 bridgehead atoms. The quantitative estimate of drug-likeness (QED) is 0.278. The van der Waals surface area contributed by atoms with Gasteiger partial charge in [-0.1, -0.05) is 41.5 Å². The van der Waals surface area contributed by atoms with Gasteiger partial charge in [0.2, 0.25) is 0 Å². The molecule has 18 atom stereocenters. The number of hydrogen-bond acceptors (Lipinski definition) is 3. The predicted molar refractivity (Wildman–Crippen MR) is 287 cm³/mol. The first kappa shape index (κ1) is 47.2. The molecule has 0 amide bonds. The molecule has 0 spiro atoms. The summed E-state index contributed by atoms with van der Waals surface area (Å²) in [5.74, 6) is 25.0. The Kier molecular flexibility index (Phi) is 10.3. The smallest absolute Gasteiger partial charge is 0.450 e. The molecule has 24 aliphatic carbocycles. The summed E-state index contributed by atoms with van der Waals surface area (Å²) in [6, 6.07) is 0. The Hall–Kier alpha value is -0.810. The Morgan fingerprint density at radius 3 is 0.486 bits per heavy atom. The molecule has 24 aliphatic rings. The van der Waals surface area contributed by atoms with Crippen molar-refractivity contribution in [3.05, 3.63) is 0 Å². The molecule has 0 saturated heterocycles. The third kappa shape index (κ3) is 6.23. The summed E-state index contributed by atoms with van der Waals surface area (Å²) in [5.41, 5.74) is 3.38. The molecule has 0 aromatic heterocycles. The van der Waals surface area contributed by atoms with Crippen molar-refractivity contribution in [2.24, 2.45) is 142 Å². The fourth-order valence-corrected chi connectivity index (χ4v) is 30.5. The van der Waals surface area contributed by atoms with Crippen LogP contribution in [0, 0.1) is 142 Å². The lowest BCUT2D eigenvalue weighted by atomic mass is 9.40. The van der Waals surface area contributed by atoms with Crippen LogP contribution in [0.3, 0.4) is 0 Å². The van der Waals surface area contributed by atoms with Crippen molar-refractivity contribution in [3.8, 4) is 0 Å². The zero-order valence-corrected chi connectivity index (χ0v) is 46.8. The first-order valence-corrected chi connectivity index (χ1v) is 33.0. The SMILES string of the molecule is CC1C2CC3CC(C2)CC1(N(C12CC4CC(CC(C4)C1C)C2)C12CC4CC(CC(C4)C1C)C2)C3.CC1C2CC3CC(C2)CC1(N(C12CC4CC(CC(C4)C1C)C2)C12CC4CC(CC(C4)C1C)C2)C3.O=C(O)O. The molecule has 0 heterocycles. The fourth-order valence-electron chi connectivity index (χ4n) is 30.5. The highest BCUT2D eigenvalue weighted by Crippen LogP contribution is 2.75. The largest absolute Gasteiger partial charge is 0.503 e. The Morgan fingerprint density at radius 2 is 0.375 bits per heavy atom. The molecule has 24 saturated carbocycles. The summed E-state index contributed by atoms with van der Waals surface area (Å²) in [6.07, 6.45) is 46.2. The molecule has 0 aromatic carbocycles. The highest BCUT2D eigenvalue weighted by atomic mass is 16.6. The van der Waals surface area contributed by atoms with E-state index < -0.39 is 6.16 Å². The Balaban J connectivity index is 0.000000115. The molecule has 0 aromatic rings. The van der Waals surface area contributed by atoms with E-state index >= 15 is 0 Å². The van der Waals surface area contributed by atoms with Crippen molar-refractivity contribution >= 4 is 6.16 Å². The molecule has 72 heavy (non-hydrogen) atoms. The average molecular weight is 986 g/mol. The first-order valence-electron chi connectivity index (χ1n) is 33.0. The highest BCUT2D eigenvalue weighted by molar-refractivity contribution is 5.53. The van der Waals surface area contributed by atoms with Crippen molar-refractivity contribution in [1.82, 2.24) is 9.80 Å². The maximum absolute atomic E-state index is 8.56. The van der Waals surface area contributed by atoms with Crippen molar-refractivity contribution in [2.75, 3.05) is 0 Å². The van der Waals surface area contributed by atoms with Gasteiger partial charge in [-0.3, -0.25) is 9.80 Å². The summed E-state index contributed by atoms with van der Waals surface area (Å²) in [6.45, 7) is 16.8. The lowest BCUT2D eigenvalue weighted by Gasteiger charge is -2.79. The third-order valence-electron chi connectivity index (χ3n) is 31.3. The van der Waals surface area contributed by atoms with Gasteiger partial charge in [-0.15, -0.1) is 0 Å². The van der Waals surface area contributed by atoms with E-state index in [1.165, 1.54) is 0 Å². The van der Waals surface area contributed by atoms with Gasteiger partial charge < -0.3 is 10.2 Å². The molecule has 0 radical (unpaired) electrons. The van der Waals surface area contributed by atoms with Crippen molar-refractivity contribution in [3.63, 3.8) is 0 Å². The van der Waals surface area contributed by atoms with Gasteiger partial charge >= 0.3 is 6.16 Å². The topological polar surface area (TPSA) is 64.0 Å². The number of nitrogens with zero attached hydrogens (tertiary/aromatic N) is 2. The van der Waals surface area contributed by atoms with Crippen molar-refractivity contribution in [2.45, 2.75) is 267 Å². The first-order chi connectivity index (χ1) is 34.5. The van der Waals surface area contributed by atoms with Crippen LogP contribution in [-0.2, 0) is 0 Å². The molecule has 5 nitrogen and oxygen atoms in total. The van der Waals surface area contributed by atoms with Gasteiger partial charge in [0, 0.05) is 33.2 Å². The minimum atomic E-state index is -1.83. The van der Waals surface area contributed by atoms with Gasteiger partial charge in [0.15, 0.2) is 0 Å².